The normalized spacial score (nSPS) is 30.0. The first-order chi connectivity index (χ1) is 6.54. The summed E-state index contributed by atoms with van der Waals surface area (Å²) in [5.41, 5.74) is 1.85. The van der Waals surface area contributed by atoms with Crippen molar-refractivity contribution in [3.8, 4) is 0 Å². The number of aliphatic carboxylic acids is 1. The first-order valence-electron chi connectivity index (χ1n) is 4.84. The minimum absolute atomic E-state index is 0.209. The molecule has 2 rings (SSSR count). The number of aryl methyl sites for hydroxylation is 1. The summed E-state index contributed by atoms with van der Waals surface area (Å²) in [6.07, 6.45) is 0.769. The van der Waals surface area contributed by atoms with E-state index in [2.05, 4.69) is 0 Å². The molecule has 1 fully saturated rings. The van der Waals surface area contributed by atoms with Gasteiger partial charge in [-0.1, -0.05) is 29.8 Å². The van der Waals surface area contributed by atoms with Crippen LogP contribution in [0.25, 0.3) is 0 Å². The van der Waals surface area contributed by atoms with Gasteiger partial charge in [0.15, 0.2) is 0 Å². The summed E-state index contributed by atoms with van der Waals surface area (Å²) < 4.78 is 0. The molecule has 0 bridgehead atoms. The lowest BCUT2D eigenvalue weighted by Crippen LogP contribution is -2.12. The van der Waals surface area contributed by atoms with Crippen molar-refractivity contribution in [3.05, 3.63) is 35.4 Å². The Morgan fingerprint density at radius 2 is 2.00 bits per heavy atom. The maximum atomic E-state index is 10.9. The number of rotatable bonds is 2. The Morgan fingerprint density at radius 1 is 1.43 bits per heavy atom. The van der Waals surface area contributed by atoms with Gasteiger partial charge in [-0.05, 0) is 25.8 Å². The summed E-state index contributed by atoms with van der Waals surface area (Å²) >= 11 is 0. The van der Waals surface area contributed by atoms with Gasteiger partial charge in [0.2, 0.25) is 0 Å². The van der Waals surface area contributed by atoms with Crippen LogP contribution in [0.3, 0.4) is 0 Å². The zero-order chi connectivity index (χ0) is 10.3. The second kappa shape index (κ2) is 2.84. The van der Waals surface area contributed by atoms with E-state index in [9.17, 15) is 4.79 Å². The predicted molar refractivity (Wildman–Crippen MR) is 54.3 cm³/mol. The van der Waals surface area contributed by atoms with Crippen molar-refractivity contribution in [1.29, 1.82) is 0 Å². The van der Waals surface area contributed by atoms with Gasteiger partial charge in [-0.2, -0.15) is 0 Å². The van der Waals surface area contributed by atoms with Gasteiger partial charge in [0.25, 0.3) is 0 Å². The number of carbonyl (C=O) groups is 1. The Morgan fingerprint density at radius 3 is 2.43 bits per heavy atom. The van der Waals surface area contributed by atoms with Gasteiger partial charge in [0.05, 0.1) is 5.41 Å². The third kappa shape index (κ3) is 1.31. The Balaban J connectivity index is 2.21. The number of hydrogen-bond acceptors (Lipinski definition) is 1. The Labute approximate surface area is 83.6 Å². The molecule has 0 aromatic heterocycles. The summed E-state index contributed by atoms with van der Waals surface area (Å²) in [4.78, 5) is 10.9. The average molecular weight is 190 g/mol. The SMILES string of the molecule is Cc1ccc([C@@H]2C[C@@]2(C)C(=O)O)cc1. The number of benzene rings is 1. The van der Waals surface area contributed by atoms with Crippen molar-refractivity contribution in [2.75, 3.05) is 0 Å². The highest BCUT2D eigenvalue weighted by Crippen LogP contribution is 2.59. The third-order valence-corrected chi connectivity index (χ3v) is 3.21. The molecule has 0 saturated heterocycles. The molecule has 0 radical (unpaired) electrons. The standard InChI is InChI=1S/C12H14O2/c1-8-3-5-9(6-4-8)10-7-12(10,2)11(13)14/h3-6,10H,7H2,1-2H3,(H,13,14)/t10-,12+/m0/s1. The Kier molecular flexibility index (Phi) is 1.88. The fourth-order valence-corrected chi connectivity index (χ4v) is 1.89. The van der Waals surface area contributed by atoms with Crippen LogP contribution < -0.4 is 0 Å². The molecule has 14 heavy (non-hydrogen) atoms. The van der Waals surface area contributed by atoms with E-state index < -0.39 is 11.4 Å². The smallest absolute Gasteiger partial charge is 0.309 e. The minimum Gasteiger partial charge on any atom is -0.481 e. The van der Waals surface area contributed by atoms with Gasteiger partial charge in [0, 0.05) is 5.92 Å². The van der Waals surface area contributed by atoms with E-state index >= 15 is 0 Å². The summed E-state index contributed by atoms with van der Waals surface area (Å²) in [6.45, 7) is 3.85. The maximum absolute atomic E-state index is 10.9. The highest BCUT2D eigenvalue weighted by Gasteiger charge is 2.56. The lowest BCUT2D eigenvalue weighted by atomic mass is 10.0. The maximum Gasteiger partial charge on any atom is 0.309 e. The Bertz CT molecular complexity index is 366. The third-order valence-electron chi connectivity index (χ3n) is 3.21. The molecular weight excluding hydrogens is 176 g/mol. The van der Waals surface area contributed by atoms with Gasteiger partial charge in [-0.15, -0.1) is 0 Å². The zero-order valence-electron chi connectivity index (χ0n) is 8.45. The van der Waals surface area contributed by atoms with Crippen LogP contribution in [0.15, 0.2) is 24.3 Å². The summed E-state index contributed by atoms with van der Waals surface area (Å²) in [7, 11) is 0. The predicted octanol–water partition coefficient (Wildman–Crippen LogP) is 2.57. The molecule has 1 aromatic carbocycles. The molecule has 0 spiro atoms. The topological polar surface area (TPSA) is 37.3 Å². The van der Waals surface area contributed by atoms with Crippen LogP contribution in [-0.4, -0.2) is 11.1 Å². The summed E-state index contributed by atoms with van der Waals surface area (Å²) in [6, 6.07) is 8.15. The molecule has 74 valence electrons. The Hall–Kier alpha value is -1.31. The van der Waals surface area contributed by atoms with Crippen LogP contribution >= 0.6 is 0 Å². The van der Waals surface area contributed by atoms with Crippen LogP contribution in [0.2, 0.25) is 0 Å². The van der Waals surface area contributed by atoms with Crippen molar-refractivity contribution < 1.29 is 9.90 Å². The average Bonchev–Trinajstić information content (AvgIpc) is 2.81. The molecule has 2 nitrogen and oxygen atoms in total. The van der Waals surface area contributed by atoms with Crippen molar-refractivity contribution in [1.82, 2.24) is 0 Å². The molecule has 0 heterocycles. The molecule has 2 atom stereocenters. The largest absolute Gasteiger partial charge is 0.481 e. The first kappa shape index (κ1) is 9.25. The first-order valence-corrected chi connectivity index (χ1v) is 4.84. The van der Waals surface area contributed by atoms with E-state index in [-0.39, 0.29) is 5.92 Å². The van der Waals surface area contributed by atoms with Crippen LogP contribution in [0.1, 0.15) is 30.4 Å². The van der Waals surface area contributed by atoms with E-state index in [1.807, 2.05) is 38.1 Å². The van der Waals surface area contributed by atoms with Crippen molar-refractivity contribution >= 4 is 5.97 Å². The van der Waals surface area contributed by atoms with E-state index in [0.717, 1.165) is 12.0 Å². The zero-order valence-corrected chi connectivity index (χ0v) is 8.45. The van der Waals surface area contributed by atoms with Crippen LogP contribution in [-0.2, 0) is 4.79 Å². The van der Waals surface area contributed by atoms with Crippen molar-refractivity contribution in [3.63, 3.8) is 0 Å². The molecular formula is C12H14O2. The summed E-state index contributed by atoms with van der Waals surface area (Å²) in [5, 5.41) is 9.00. The monoisotopic (exact) mass is 190 g/mol. The van der Waals surface area contributed by atoms with Gasteiger partial charge >= 0.3 is 5.97 Å². The second-order valence-electron chi connectivity index (χ2n) is 4.39. The van der Waals surface area contributed by atoms with Gasteiger partial charge in [-0.25, -0.2) is 0 Å². The van der Waals surface area contributed by atoms with Crippen molar-refractivity contribution in [2.45, 2.75) is 26.2 Å². The van der Waals surface area contributed by atoms with Gasteiger partial charge < -0.3 is 5.11 Å². The fraction of sp³-hybridized carbons (Fsp3) is 0.417. The van der Waals surface area contributed by atoms with E-state index in [4.69, 9.17) is 5.11 Å². The molecule has 1 saturated carbocycles. The quantitative estimate of drug-likeness (QED) is 0.778. The molecule has 1 N–H and O–H groups in total. The number of carboxylic acid groups (broad SMARTS) is 1. The van der Waals surface area contributed by atoms with E-state index in [1.165, 1.54) is 5.56 Å². The molecule has 0 unspecified atom stereocenters. The molecule has 0 amide bonds. The molecule has 1 aromatic rings. The number of carboxylic acids is 1. The molecule has 2 heteroatoms. The minimum atomic E-state index is -0.678. The number of hydrogen-bond donors (Lipinski definition) is 1. The van der Waals surface area contributed by atoms with E-state index in [1.54, 1.807) is 0 Å². The molecule has 0 aliphatic heterocycles. The van der Waals surface area contributed by atoms with E-state index in [0.29, 0.717) is 0 Å². The lowest BCUT2D eigenvalue weighted by molar-refractivity contribution is -0.142. The van der Waals surface area contributed by atoms with Crippen molar-refractivity contribution in [2.24, 2.45) is 5.41 Å². The fourth-order valence-electron chi connectivity index (χ4n) is 1.89. The summed E-state index contributed by atoms with van der Waals surface area (Å²) in [5.74, 6) is -0.469. The van der Waals surface area contributed by atoms with Gasteiger partial charge in [0.1, 0.15) is 0 Å². The van der Waals surface area contributed by atoms with Crippen LogP contribution in [0.4, 0.5) is 0 Å². The lowest BCUT2D eigenvalue weighted by Gasteiger charge is -2.05. The van der Waals surface area contributed by atoms with Crippen LogP contribution in [0.5, 0.6) is 0 Å². The highest BCUT2D eigenvalue weighted by atomic mass is 16.4. The second-order valence-corrected chi connectivity index (χ2v) is 4.39. The highest BCUT2D eigenvalue weighted by molar-refractivity contribution is 5.79. The molecule has 1 aliphatic carbocycles. The van der Waals surface area contributed by atoms with Crippen LogP contribution in [0, 0.1) is 12.3 Å². The van der Waals surface area contributed by atoms with Gasteiger partial charge in [-0.3, -0.25) is 4.79 Å². The molecule has 1 aliphatic rings.